The molecular weight excluding hydrogens is 256 g/mol. The van der Waals surface area contributed by atoms with Crippen molar-refractivity contribution in [1.29, 1.82) is 0 Å². The number of aryl methyl sites for hydroxylation is 1. The maximum Gasteiger partial charge on any atom is 0.274 e. The standard InChI is InChI=1S/C11H11ClN4O2/c1-7-3-4-10(16(17)18)8(2)11(7)15-6-9(5-12)13-14-15/h3-4,6H,5H2,1-2H3. The highest BCUT2D eigenvalue weighted by Gasteiger charge is 2.17. The van der Waals surface area contributed by atoms with E-state index in [1.807, 2.05) is 6.92 Å². The van der Waals surface area contributed by atoms with Crippen molar-refractivity contribution >= 4 is 17.3 Å². The van der Waals surface area contributed by atoms with Crippen molar-refractivity contribution in [3.8, 4) is 5.69 Å². The maximum absolute atomic E-state index is 10.9. The van der Waals surface area contributed by atoms with Crippen molar-refractivity contribution in [3.05, 3.63) is 45.3 Å². The highest BCUT2D eigenvalue weighted by Crippen LogP contribution is 2.27. The van der Waals surface area contributed by atoms with E-state index in [2.05, 4.69) is 10.3 Å². The Morgan fingerprint density at radius 3 is 2.72 bits per heavy atom. The van der Waals surface area contributed by atoms with Crippen molar-refractivity contribution in [2.45, 2.75) is 19.7 Å². The SMILES string of the molecule is Cc1ccc([N+](=O)[O-])c(C)c1-n1cc(CCl)nn1. The minimum Gasteiger partial charge on any atom is -0.258 e. The van der Waals surface area contributed by atoms with E-state index < -0.39 is 4.92 Å². The van der Waals surface area contributed by atoms with Gasteiger partial charge in [0.25, 0.3) is 5.69 Å². The molecule has 0 fully saturated rings. The van der Waals surface area contributed by atoms with Crippen LogP contribution in [0.3, 0.4) is 0 Å². The summed E-state index contributed by atoms with van der Waals surface area (Å²) in [6, 6.07) is 3.19. The first-order chi connectivity index (χ1) is 8.54. The second-order valence-electron chi connectivity index (χ2n) is 3.92. The molecule has 0 aliphatic heterocycles. The number of benzene rings is 1. The van der Waals surface area contributed by atoms with Crippen molar-refractivity contribution < 1.29 is 4.92 Å². The van der Waals surface area contributed by atoms with Crippen LogP contribution in [-0.2, 0) is 5.88 Å². The van der Waals surface area contributed by atoms with Crippen LogP contribution in [0.1, 0.15) is 16.8 Å². The Morgan fingerprint density at radius 2 is 2.17 bits per heavy atom. The third-order valence-corrected chi connectivity index (χ3v) is 2.98. The van der Waals surface area contributed by atoms with Crippen LogP contribution in [0.2, 0.25) is 0 Å². The number of nitrogens with zero attached hydrogens (tertiary/aromatic N) is 4. The van der Waals surface area contributed by atoms with Crippen molar-refractivity contribution in [3.63, 3.8) is 0 Å². The summed E-state index contributed by atoms with van der Waals surface area (Å²) in [5.74, 6) is 0.257. The summed E-state index contributed by atoms with van der Waals surface area (Å²) in [5.41, 5.74) is 2.82. The van der Waals surface area contributed by atoms with Crippen molar-refractivity contribution in [2.75, 3.05) is 0 Å². The Kier molecular flexibility index (Phi) is 3.29. The van der Waals surface area contributed by atoms with E-state index in [1.54, 1.807) is 19.2 Å². The van der Waals surface area contributed by atoms with Gasteiger partial charge < -0.3 is 0 Å². The molecule has 0 N–H and O–H groups in total. The maximum atomic E-state index is 10.9. The third kappa shape index (κ3) is 2.06. The van der Waals surface area contributed by atoms with Crippen LogP contribution in [0.5, 0.6) is 0 Å². The Bertz CT molecular complexity index is 609. The Balaban J connectivity index is 2.62. The van der Waals surface area contributed by atoms with E-state index in [-0.39, 0.29) is 11.6 Å². The number of nitro benzene ring substituents is 1. The molecule has 7 heteroatoms. The molecule has 0 aliphatic rings. The fourth-order valence-corrected chi connectivity index (χ4v) is 1.97. The highest BCUT2D eigenvalue weighted by molar-refractivity contribution is 6.16. The van der Waals surface area contributed by atoms with Gasteiger partial charge in [-0.15, -0.1) is 16.7 Å². The molecular formula is C11H11ClN4O2. The second kappa shape index (κ2) is 4.73. The molecule has 0 saturated carbocycles. The third-order valence-electron chi connectivity index (χ3n) is 2.71. The number of hydrogen-bond acceptors (Lipinski definition) is 4. The van der Waals surface area contributed by atoms with Crippen LogP contribution in [0, 0.1) is 24.0 Å². The van der Waals surface area contributed by atoms with E-state index in [1.165, 1.54) is 10.7 Å². The topological polar surface area (TPSA) is 73.8 Å². The Morgan fingerprint density at radius 1 is 1.44 bits per heavy atom. The van der Waals surface area contributed by atoms with Crippen LogP contribution in [-0.4, -0.2) is 19.9 Å². The molecule has 18 heavy (non-hydrogen) atoms. The van der Waals surface area contributed by atoms with E-state index >= 15 is 0 Å². The summed E-state index contributed by atoms with van der Waals surface area (Å²) >= 11 is 5.66. The van der Waals surface area contributed by atoms with Crippen molar-refractivity contribution in [2.24, 2.45) is 0 Å². The Hall–Kier alpha value is -1.95. The molecule has 0 aliphatic carbocycles. The van der Waals surface area contributed by atoms with Gasteiger partial charge in [0, 0.05) is 6.07 Å². The predicted molar refractivity (Wildman–Crippen MR) is 67.0 cm³/mol. The lowest BCUT2D eigenvalue weighted by molar-refractivity contribution is -0.385. The molecule has 0 atom stereocenters. The molecule has 2 rings (SSSR count). The molecule has 1 heterocycles. The van der Waals surface area contributed by atoms with Crippen LogP contribution in [0.4, 0.5) is 5.69 Å². The average molecular weight is 267 g/mol. The number of aromatic nitrogens is 3. The van der Waals surface area contributed by atoms with Gasteiger partial charge in [0.1, 0.15) is 0 Å². The fourth-order valence-electron chi connectivity index (χ4n) is 1.84. The molecule has 94 valence electrons. The number of rotatable bonds is 3. The van der Waals surface area contributed by atoms with Crippen LogP contribution < -0.4 is 0 Å². The van der Waals surface area contributed by atoms with Gasteiger partial charge in [-0.25, -0.2) is 4.68 Å². The summed E-state index contributed by atoms with van der Waals surface area (Å²) < 4.78 is 1.52. The summed E-state index contributed by atoms with van der Waals surface area (Å²) in [7, 11) is 0. The first-order valence-electron chi connectivity index (χ1n) is 5.26. The molecule has 0 bridgehead atoms. The lowest BCUT2D eigenvalue weighted by Crippen LogP contribution is -2.04. The molecule has 0 unspecified atom stereocenters. The van der Waals surface area contributed by atoms with Gasteiger partial charge in [-0.05, 0) is 19.4 Å². The monoisotopic (exact) mass is 266 g/mol. The number of nitro groups is 1. The van der Waals surface area contributed by atoms with Crippen LogP contribution >= 0.6 is 11.6 Å². The van der Waals surface area contributed by atoms with Gasteiger partial charge in [-0.1, -0.05) is 11.3 Å². The molecule has 1 aromatic carbocycles. The van der Waals surface area contributed by atoms with Crippen LogP contribution in [0.25, 0.3) is 5.69 Å². The molecule has 1 aromatic heterocycles. The number of alkyl halides is 1. The molecule has 0 spiro atoms. The van der Waals surface area contributed by atoms with E-state index in [0.29, 0.717) is 16.9 Å². The van der Waals surface area contributed by atoms with E-state index in [0.717, 1.165) is 5.56 Å². The minimum atomic E-state index is -0.405. The summed E-state index contributed by atoms with van der Waals surface area (Å²) in [4.78, 5) is 10.5. The molecule has 6 nitrogen and oxygen atoms in total. The fraction of sp³-hybridized carbons (Fsp3) is 0.273. The zero-order chi connectivity index (χ0) is 13.3. The van der Waals surface area contributed by atoms with Gasteiger partial charge in [0.05, 0.1) is 33.9 Å². The minimum absolute atomic E-state index is 0.0681. The summed E-state index contributed by atoms with van der Waals surface area (Å²) in [6.45, 7) is 3.57. The van der Waals surface area contributed by atoms with Gasteiger partial charge in [-0.2, -0.15) is 0 Å². The van der Waals surface area contributed by atoms with Gasteiger partial charge in [0.15, 0.2) is 0 Å². The summed E-state index contributed by atoms with van der Waals surface area (Å²) in [6.07, 6.45) is 1.67. The quantitative estimate of drug-likeness (QED) is 0.486. The zero-order valence-corrected chi connectivity index (χ0v) is 10.7. The molecule has 2 aromatic rings. The smallest absolute Gasteiger partial charge is 0.258 e. The van der Waals surface area contributed by atoms with Gasteiger partial charge in [-0.3, -0.25) is 10.1 Å². The zero-order valence-electron chi connectivity index (χ0n) is 9.92. The second-order valence-corrected chi connectivity index (χ2v) is 4.19. The lowest BCUT2D eigenvalue weighted by atomic mass is 10.1. The summed E-state index contributed by atoms with van der Waals surface area (Å²) in [5, 5.41) is 18.7. The first kappa shape index (κ1) is 12.5. The first-order valence-corrected chi connectivity index (χ1v) is 5.80. The lowest BCUT2D eigenvalue weighted by Gasteiger charge is -2.08. The average Bonchev–Trinajstić information content (AvgIpc) is 2.77. The largest absolute Gasteiger partial charge is 0.274 e. The molecule has 0 radical (unpaired) electrons. The van der Waals surface area contributed by atoms with Gasteiger partial charge >= 0.3 is 0 Å². The van der Waals surface area contributed by atoms with Crippen molar-refractivity contribution in [1.82, 2.24) is 15.0 Å². The molecule has 0 saturated heterocycles. The Labute approximate surface area is 108 Å². The molecule has 0 amide bonds. The van der Waals surface area contributed by atoms with E-state index in [9.17, 15) is 10.1 Å². The van der Waals surface area contributed by atoms with E-state index in [4.69, 9.17) is 11.6 Å². The predicted octanol–water partition coefficient (Wildman–Crippen LogP) is 2.53. The van der Waals surface area contributed by atoms with Gasteiger partial charge in [0.2, 0.25) is 0 Å². The number of hydrogen-bond donors (Lipinski definition) is 0. The van der Waals surface area contributed by atoms with Crippen LogP contribution in [0.15, 0.2) is 18.3 Å². The normalized spacial score (nSPS) is 10.6. The number of halogens is 1. The highest BCUT2D eigenvalue weighted by atomic mass is 35.5.